The highest BCUT2D eigenvalue weighted by Crippen LogP contribution is 2.33. The van der Waals surface area contributed by atoms with Crippen molar-refractivity contribution >= 4 is 5.91 Å². The molecule has 17 atom stereocenters. The number of carbonyl (C=O) groups excluding carboxylic acids is 1. The van der Waals surface area contributed by atoms with Gasteiger partial charge in [-0.1, -0.05) is 305 Å². The van der Waals surface area contributed by atoms with Crippen LogP contribution in [-0.4, -0.2) is 193 Å². The van der Waals surface area contributed by atoms with Crippen LogP contribution < -0.4 is 5.32 Å². The van der Waals surface area contributed by atoms with Gasteiger partial charge < -0.3 is 89.9 Å². The van der Waals surface area contributed by atoms with Crippen LogP contribution in [0.3, 0.4) is 0 Å². The van der Waals surface area contributed by atoms with E-state index in [-0.39, 0.29) is 18.9 Å². The van der Waals surface area contributed by atoms with Crippen molar-refractivity contribution in [3.8, 4) is 0 Å². The van der Waals surface area contributed by atoms with Crippen molar-refractivity contribution in [2.24, 2.45) is 0 Å². The minimum Gasteiger partial charge on any atom is -0.394 e. The fourth-order valence-electron chi connectivity index (χ4n) is 13.8. The van der Waals surface area contributed by atoms with Gasteiger partial charge in [-0.3, -0.25) is 4.79 Å². The number of aliphatic hydroxyl groups excluding tert-OH is 11. The topological polar surface area (TPSA) is 307 Å². The van der Waals surface area contributed by atoms with E-state index in [9.17, 15) is 61.0 Å². The van der Waals surface area contributed by atoms with Crippen LogP contribution in [0.2, 0.25) is 0 Å². The van der Waals surface area contributed by atoms with Crippen LogP contribution in [0.4, 0.5) is 0 Å². The third-order valence-electron chi connectivity index (χ3n) is 20.5. The number of unbranched alkanes of at least 4 members (excludes halogenated alkanes) is 40. The van der Waals surface area contributed by atoms with Gasteiger partial charge in [-0.25, -0.2) is 0 Å². The minimum absolute atomic E-state index is 0.225. The molecule has 3 rings (SSSR count). The van der Waals surface area contributed by atoms with E-state index in [4.69, 9.17) is 28.4 Å². The van der Waals surface area contributed by atoms with Crippen LogP contribution in [0, 0.1) is 0 Å². The van der Waals surface area contributed by atoms with Gasteiger partial charge in [0.2, 0.25) is 5.91 Å². The Morgan fingerprint density at radius 3 is 1.04 bits per heavy atom. The molecule has 0 aromatic carbocycles. The number of allylic oxidation sites excluding steroid dienone is 11. The molecule has 19 heteroatoms. The molecule has 3 heterocycles. The molecule has 19 nitrogen and oxygen atoms in total. The number of hydrogen-bond donors (Lipinski definition) is 12. The number of amides is 1. The molecule has 3 aliphatic rings. The first kappa shape index (κ1) is 94.4. The van der Waals surface area contributed by atoms with Gasteiger partial charge in [0.15, 0.2) is 18.9 Å². The summed E-state index contributed by atoms with van der Waals surface area (Å²) >= 11 is 0. The summed E-state index contributed by atoms with van der Waals surface area (Å²) in [6.45, 7) is 1.73. The largest absolute Gasteiger partial charge is 0.394 e. The van der Waals surface area contributed by atoms with Crippen molar-refractivity contribution in [1.29, 1.82) is 0 Å². The maximum Gasteiger partial charge on any atom is 0.220 e. The Balaban J connectivity index is 1.38. The van der Waals surface area contributed by atoms with Crippen LogP contribution in [0.5, 0.6) is 0 Å². The smallest absolute Gasteiger partial charge is 0.220 e. The molecule has 103 heavy (non-hydrogen) atoms. The SMILES string of the molecule is CCCCCCC/C=C\C/C=C\C/C=C\CCCCCCCCCCCCC(=O)NC(COC1OC(CO)C(OC2OC(CO)C(OC3OC(CO)C(O)C(O)C3O)C(O)C2O)C(O)C1O)C(O)/C=C/CC/C=C/CC/C=C/CCCCCCCCCCCCCCCCCCCCCCCCC. The number of nitrogens with one attached hydrogen (secondary N) is 1. The summed E-state index contributed by atoms with van der Waals surface area (Å²) in [4.78, 5) is 13.5. The average molecular weight is 1460 g/mol. The van der Waals surface area contributed by atoms with Gasteiger partial charge >= 0.3 is 0 Å². The Morgan fingerprint density at radius 2 is 0.650 bits per heavy atom. The van der Waals surface area contributed by atoms with Crippen molar-refractivity contribution in [1.82, 2.24) is 5.32 Å². The fourth-order valence-corrected chi connectivity index (χ4v) is 13.8. The monoisotopic (exact) mass is 1460 g/mol. The molecule has 600 valence electrons. The molecule has 0 saturated carbocycles. The zero-order valence-corrected chi connectivity index (χ0v) is 64.3. The standard InChI is InChI=1S/C84H151NO18/c1-3-5-7-9-11-13-15-17-19-21-23-25-27-29-30-31-32-33-34-35-36-38-39-41-43-45-47-49-51-53-55-57-59-61-68(89)67(85-72(90)62-60-58-56-54-52-50-48-46-44-42-40-37-28-26-24-22-20-18-16-14-12-10-8-6-4-2)66-98-82-78(96)75(93)80(70(64-87)100-82)103-84-79(97)76(94)81(71(65-88)101-84)102-83-77(95)74(92)73(91)69(63-86)99-83/h16,18,22,24,28,37,43,45,51,53,59,61,67-71,73-84,86-89,91-97H,3-15,17,19-21,23,25-27,29-36,38-42,44,46-50,52,54-58,60,62-66H2,1-2H3,(H,85,90)/b18-16-,24-22-,37-28-,45-43+,53-51+,61-59+. The molecule has 0 spiro atoms. The summed E-state index contributed by atoms with van der Waals surface area (Å²) in [7, 11) is 0. The average Bonchev–Trinajstić information content (AvgIpc) is 0.781. The lowest BCUT2D eigenvalue weighted by Gasteiger charge is -2.48. The molecule has 0 radical (unpaired) electrons. The summed E-state index contributed by atoms with van der Waals surface area (Å²) in [5.41, 5.74) is 0. The zero-order valence-electron chi connectivity index (χ0n) is 64.3. The Morgan fingerprint density at radius 1 is 0.350 bits per heavy atom. The van der Waals surface area contributed by atoms with Gasteiger partial charge in [-0.05, 0) is 83.5 Å². The summed E-state index contributed by atoms with van der Waals surface area (Å²) in [6.07, 6.45) is 57.6. The van der Waals surface area contributed by atoms with E-state index in [1.54, 1.807) is 6.08 Å². The summed E-state index contributed by atoms with van der Waals surface area (Å²) < 4.78 is 34.4. The molecule has 0 aliphatic carbocycles. The van der Waals surface area contributed by atoms with Gasteiger partial charge in [0.25, 0.3) is 0 Å². The van der Waals surface area contributed by atoms with E-state index in [0.29, 0.717) is 12.8 Å². The second kappa shape index (κ2) is 64.1. The molecule has 3 fully saturated rings. The highest BCUT2D eigenvalue weighted by molar-refractivity contribution is 5.76. The van der Waals surface area contributed by atoms with Crippen molar-refractivity contribution in [2.45, 2.75) is 426 Å². The number of hydrogen-bond acceptors (Lipinski definition) is 18. The highest BCUT2D eigenvalue weighted by Gasteiger charge is 2.54. The zero-order chi connectivity index (χ0) is 74.6. The van der Waals surface area contributed by atoms with Gasteiger partial charge in [-0.15, -0.1) is 0 Å². The molecule has 1 amide bonds. The van der Waals surface area contributed by atoms with Crippen molar-refractivity contribution < 1.29 is 89.4 Å². The summed E-state index contributed by atoms with van der Waals surface area (Å²) in [5, 5.41) is 121. The van der Waals surface area contributed by atoms with E-state index in [2.05, 4.69) is 79.9 Å². The first-order chi connectivity index (χ1) is 50.3. The third-order valence-corrected chi connectivity index (χ3v) is 20.5. The van der Waals surface area contributed by atoms with Gasteiger partial charge in [0.1, 0.15) is 73.2 Å². The van der Waals surface area contributed by atoms with Crippen LogP contribution >= 0.6 is 0 Å². The summed E-state index contributed by atoms with van der Waals surface area (Å²) in [5.74, 6) is -0.292. The van der Waals surface area contributed by atoms with E-state index in [0.717, 1.165) is 70.6 Å². The Kier molecular flexibility index (Phi) is 58.8. The Labute approximate surface area is 623 Å². The van der Waals surface area contributed by atoms with Crippen molar-refractivity contribution in [2.75, 3.05) is 26.4 Å². The van der Waals surface area contributed by atoms with Crippen molar-refractivity contribution in [3.05, 3.63) is 72.9 Å². The predicted octanol–water partition coefficient (Wildman–Crippen LogP) is 14.4. The molecule has 0 aromatic heterocycles. The van der Waals surface area contributed by atoms with Crippen LogP contribution in [0.25, 0.3) is 0 Å². The lowest BCUT2D eigenvalue weighted by molar-refractivity contribution is -0.379. The maximum atomic E-state index is 13.5. The first-order valence-electron chi connectivity index (χ1n) is 41.7. The van der Waals surface area contributed by atoms with Gasteiger partial charge in [0, 0.05) is 6.42 Å². The lowest BCUT2D eigenvalue weighted by Crippen LogP contribution is -2.66. The molecule has 0 aromatic rings. The Bertz CT molecular complexity index is 2140. The van der Waals surface area contributed by atoms with Crippen LogP contribution in [-0.2, 0) is 33.2 Å². The second-order valence-electron chi connectivity index (χ2n) is 29.6. The predicted molar refractivity (Wildman–Crippen MR) is 411 cm³/mol. The van der Waals surface area contributed by atoms with E-state index < -0.39 is 124 Å². The number of aliphatic hydroxyl groups is 11. The van der Waals surface area contributed by atoms with E-state index in [1.807, 2.05) is 6.08 Å². The fraction of sp³-hybridized carbons (Fsp3) is 0.845. The highest BCUT2D eigenvalue weighted by atomic mass is 16.8. The molecule has 3 saturated heterocycles. The number of rotatable bonds is 66. The molecule has 12 N–H and O–H groups in total. The van der Waals surface area contributed by atoms with Gasteiger partial charge in [0.05, 0.1) is 38.6 Å². The normalized spacial score (nSPS) is 26.4. The van der Waals surface area contributed by atoms with Gasteiger partial charge in [-0.2, -0.15) is 0 Å². The molecule has 17 unspecified atom stereocenters. The quantitative estimate of drug-likeness (QED) is 0.0199. The molecular weight excluding hydrogens is 1310 g/mol. The van der Waals surface area contributed by atoms with E-state index in [1.165, 1.54) is 218 Å². The van der Waals surface area contributed by atoms with E-state index >= 15 is 0 Å². The Hall–Kier alpha value is -2.77. The third kappa shape index (κ3) is 43.9. The van der Waals surface area contributed by atoms with Crippen LogP contribution in [0.15, 0.2) is 72.9 Å². The molecule has 3 aliphatic heterocycles. The molecular formula is C84H151NO18. The first-order valence-corrected chi connectivity index (χ1v) is 41.7. The van der Waals surface area contributed by atoms with Crippen LogP contribution in [0.1, 0.15) is 322 Å². The minimum atomic E-state index is -1.99. The number of ether oxygens (including phenoxy) is 6. The summed E-state index contributed by atoms with van der Waals surface area (Å²) in [6, 6.07) is -1.00. The van der Waals surface area contributed by atoms with Crippen molar-refractivity contribution in [3.63, 3.8) is 0 Å². The lowest BCUT2D eigenvalue weighted by atomic mass is 9.96. The second-order valence-corrected chi connectivity index (χ2v) is 29.6. The maximum absolute atomic E-state index is 13.5. The number of carbonyl (C=O) groups is 1. The molecule has 0 bridgehead atoms.